The van der Waals surface area contributed by atoms with E-state index in [9.17, 15) is 9.59 Å². The molecule has 2 aliphatic heterocycles. The van der Waals surface area contributed by atoms with E-state index < -0.39 is 11.5 Å². The molecule has 1 aromatic carbocycles. The van der Waals surface area contributed by atoms with Gasteiger partial charge in [0.1, 0.15) is 6.04 Å². The molecule has 1 aromatic rings. The molecule has 0 saturated carbocycles. The SMILES string of the molecule is C=C1CCC(N2C(=O)C(C)(C)c3cccc(C(C)(C)C)c32)C(=O)N1. The van der Waals surface area contributed by atoms with Crippen LogP contribution in [0.2, 0.25) is 0 Å². The molecule has 0 aliphatic carbocycles. The highest BCUT2D eigenvalue weighted by Crippen LogP contribution is 2.48. The maximum atomic E-state index is 13.2. The van der Waals surface area contributed by atoms with Gasteiger partial charge in [-0.15, -0.1) is 0 Å². The summed E-state index contributed by atoms with van der Waals surface area (Å²) in [6, 6.07) is 5.63. The Kier molecular flexibility index (Phi) is 3.63. The Labute approximate surface area is 143 Å². The third-order valence-corrected chi connectivity index (χ3v) is 5.15. The van der Waals surface area contributed by atoms with Gasteiger partial charge in [-0.3, -0.25) is 14.5 Å². The molecule has 0 radical (unpaired) electrons. The van der Waals surface area contributed by atoms with E-state index in [1.807, 2.05) is 26.0 Å². The minimum absolute atomic E-state index is 0.00172. The van der Waals surface area contributed by atoms with Gasteiger partial charge in [0.2, 0.25) is 11.8 Å². The summed E-state index contributed by atoms with van der Waals surface area (Å²) in [5.41, 5.74) is 3.04. The van der Waals surface area contributed by atoms with E-state index in [2.05, 4.69) is 38.7 Å². The summed E-state index contributed by atoms with van der Waals surface area (Å²) in [7, 11) is 0. The van der Waals surface area contributed by atoms with Crippen molar-refractivity contribution in [3.05, 3.63) is 41.6 Å². The zero-order chi connectivity index (χ0) is 17.9. The topological polar surface area (TPSA) is 49.4 Å². The molecule has 1 N–H and O–H groups in total. The Morgan fingerprint density at radius 3 is 2.50 bits per heavy atom. The van der Waals surface area contributed by atoms with Crippen LogP contribution < -0.4 is 10.2 Å². The van der Waals surface area contributed by atoms with Crippen molar-refractivity contribution in [1.29, 1.82) is 0 Å². The molecule has 1 saturated heterocycles. The zero-order valence-corrected chi connectivity index (χ0v) is 15.2. The van der Waals surface area contributed by atoms with Gasteiger partial charge in [-0.2, -0.15) is 0 Å². The first-order chi connectivity index (χ1) is 11.0. The number of benzene rings is 1. The maximum Gasteiger partial charge on any atom is 0.247 e. The molecule has 128 valence electrons. The molecular weight excluding hydrogens is 300 g/mol. The Balaban J connectivity index is 2.19. The second-order valence-electron chi connectivity index (χ2n) is 8.40. The average Bonchev–Trinajstić information content (AvgIpc) is 2.67. The minimum Gasteiger partial charge on any atom is -0.329 e. The van der Waals surface area contributed by atoms with Crippen LogP contribution in [0.5, 0.6) is 0 Å². The molecule has 2 heterocycles. The van der Waals surface area contributed by atoms with Crippen molar-refractivity contribution in [1.82, 2.24) is 5.32 Å². The van der Waals surface area contributed by atoms with Crippen molar-refractivity contribution >= 4 is 17.5 Å². The molecule has 2 aliphatic rings. The Morgan fingerprint density at radius 2 is 1.92 bits per heavy atom. The largest absolute Gasteiger partial charge is 0.329 e. The standard InChI is InChI=1S/C20H26N2O2/c1-12-10-11-15(17(23)21-12)22-16-13(19(2,3)4)8-7-9-14(16)20(5,6)18(22)24/h7-9,15H,1,10-11H2,2-6H3,(H,21,23). The van der Waals surface area contributed by atoms with E-state index in [1.54, 1.807) is 4.90 Å². The molecule has 4 heteroatoms. The van der Waals surface area contributed by atoms with E-state index in [1.165, 1.54) is 0 Å². The van der Waals surface area contributed by atoms with E-state index in [0.29, 0.717) is 12.8 Å². The Bertz CT molecular complexity index is 740. The number of allylic oxidation sites excluding steroid dienone is 1. The molecule has 1 atom stereocenters. The Morgan fingerprint density at radius 1 is 1.25 bits per heavy atom. The second-order valence-corrected chi connectivity index (χ2v) is 8.40. The number of carbonyl (C=O) groups excluding carboxylic acids is 2. The highest BCUT2D eigenvalue weighted by atomic mass is 16.2. The molecule has 0 aromatic heterocycles. The van der Waals surface area contributed by atoms with Crippen molar-refractivity contribution in [2.24, 2.45) is 0 Å². The minimum atomic E-state index is -0.620. The lowest BCUT2D eigenvalue weighted by molar-refractivity contribution is -0.128. The van der Waals surface area contributed by atoms with Gasteiger partial charge in [-0.05, 0) is 43.2 Å². The van der Waals surface area contributed by atoms with Gasteiger partial charge in [-0.25, -0.2) is 0 Å². The lowest BCUT2D eigenvalue weighted by Crippen LogP contribution is -2.53. The van der Waals surface area contributed by atoms with Crippen LogP contribution in [-0.4, -0.2) is 17.9 Å². The summed E-state index contributed by atoms with van der Waals surface area (Å²) in [5.74, 6) is -0.131. The Hall–Kier alpha value is -2.10. The van der Waals surface area contributed by atoms with Crippen LogP contribution in [0, 0.1) is 0 Å². The highest BCUT2D eigenvalue weighted by molar-refractivity contribution is 6.12. The van der Waals surface area contributed by atoms with Crippen molar-refractivity contribution < 1.29 is 9.59 Å². The second kappa shape index (κ2) is 5.20. The van der Waals surface area contributed by atoms with Crippen molar-refractivity contribution in [2.75, 3.05) is 4.90 Å². The quantitative estimate of drug-likeness (QED) is 0.860. The predicted molar refractivity (Wildman–Crippen MR) is 96.0 cm³/mol. The molecule has 0 spiro atoms. The van der Waals surface area contributed by atoms with Gasteiger partial charge in [0, 0.05) is 5.70 Å². The highest BCUT2D eigenvalue weighted by Gasteiger charge is 2.50. The van der Waals surface area contributed by atoms with Gasteiger partial charge < -0.3 is 5.32 Å². The number of rotatable bonds is 1. The van der Waals surface area contributed by atoms with Crippen molar-refractivity contribution in [3.8, 4) is 0 Å². The summed E-state index contributed by atoms with van der Waals surface area (Å²) in [4.78, 5) is 27.5. The van der Waals surface area contributed by atoms with Gasteiger partial charge in [0.05, 0.1) is 11.1 Å². The number of hydrogen-bond donors (Lipinski definition) is 1. The van der Waals surface area contributed by atoms with Gasteiger partial charge in [-0.1, -0.05) is 45.5 Å². The van der Waals surface area contributed by atoms with Crippen LogP contribution in [0.1, 0.15) is 58.6 Å². The fourth-order valence-corrected chi connectivity index (χ4v) is 3.74. The maximum absolute atomic E-state index is 13.2. The van der Waals surface area contributed by atoms with E-state index in [-0.39, 0.29) is 17.2 Å². The van der Waals surface area contributed by atoms with Crippen molar-refractivity contribution in [3.63, 3.8) is 0 Å². The van der Waals surface area contributed by atoms with Gasteiger partial charge >= 0.3 is 0 Å². The molecule has 1 unspecified atom stereocenters. The number of nitrogens with zero attached hydrogens (tertiary/aromatic N) is 1. The molecule has 24 heavy (non-hydrogen) atoms. The zero-order valence-electron chi connectivity index (χ0n) is 15.2. The summed E-state index contributed by atoms with van der Waals surface area (Å²) in [6.07, 6.45) is 1.32. The summed E-state index contributed by atoms with van der Waals surface area (Å²) < 4.78 is 0. The smallest absolute Gasteiger partial charge is 0.247 e. The number of nitrogens with one attached hydrogen (secondary N) is 1. The molecule has 1 fully saturated rings. The lowest BCUT2D eigenvalue weighted by Gasteiger charge is -2.35. The number of carbonyl (C=O) groups is 2. The van der Waals surface area contributed by atoms with Crippen LogP contribution in [-0.2, 0) is 20.4 Å². The van der Waals surface area contributed by atoms with E-state index in [0.717, 1.165) is 22.5 Å². The van der Waals surface area contributed by atoms with Crippen LogP contribution in [0.4, 0.5) is 5.69 Å². The number of anilines is 1. The number of amides is 2. The summed E-state index contributed by atoms with van der Waals surface area (Å²) in [5, 5.41) is 2.82. The van der Waals surface area contributed by atoms with E-state index >= 15 is 0 Å². The van der Waals surface area contributed by atoms with Crippen LogP contribution in [0.3, 0.4) is 0 Å². The summed E-state index contributed by atoms with van der Waals surface area (Å²) >= 11 is 0. The molecule has 2 amide bonds. The predicted octanol–water partition coefficient (Wildman–Crippen LogP) is 3.40. The first kappa shape index (κ1) is 16.7. The molecular formula is C20H26N2O2. The number of fused-ring (bicyclic) bond motifs is 1. The fourth-order valence-electron chi connectivity index (χ4n) is 3.74. The average molecular weight is 326 g/mol. The van der Waals surface area contributed by atoms with Crippen LogP contribution in [0.15, 0.2) is 30.5 Å². The number of piperidine rings is 1. The van der Waals surface area contributed by atoms with Crippen molar-refractivity contribution in [2.45, 2.75) is 64.3 Å². The number of para-hydroxylation sites is 1. The molecule has 0 bridgehead atoms. The normalized spacial score (nSPS) is 23.3. The lowest BCUT2D eigenvalue weighted by atomic mass is 9.80. The van der Waals surface area contributed by atoms with Crippen LogP contribution in [0.25, 0.3) is 0 Å². The number of hydrogen-bond acceptors (Lipinski definition) is 2. The van der Waals surface area contributed by atoms with Gasteiger partial charge in [0.25, 0.3) is 0 Å². The first-order valence-corrected chi connectivity index (χ1v) is 8.51. The molecule has 3 rings (SSSR count). The monoisotopic (exact) mass is 326 g/mol. The summed E-state index contributed by atoms with van der Waals surface area (Å²) in [6.45, 7) is 14.1. The van der Waals surface area contributed by atoms with Crippen LogP contribution >= 0.6 is 0 Å². The fraction of sp³-hybridized carbons (Fsp3) is 0.500. The first-order valence-electron chi connectivity index (χ1n) is 8.51. The van der Waals surface area contributed by atoms with E-state index in [4.69, 9.17) is 0 Å². The molecule has 4 nitrogen and oxygen atoms in total. The van der Waals surface area contributed by atoms with Gasteiger partial charge in [0.15, 0.2) is 0 Å². The third kappa shape index (κ3) is 2.36. The third-order valence-electron chi connectivity index (χ3n) is 5.15.